The van der Waals surface area contributed by atoms with Crippen molar-refractivity contribution in [3.05, 3.63) is 52.2 Å². The number of fused-ring (bicyclic) bond motifs is 1. The smallest absolute Gasteiger partial charge is 0.270 e. The van der Waals surface area contributed by atoms with E-state index < -0.39 is 0 Å². The summed E-state index contributed by atoms with van der Waals surface area (Å²) >= 11 is 1.54. The van der Waals surface area contributed by atoms with E-state index in [1.165, 1.54) is 11.1 Å². The minimum Gasteiger partial charge on any atom is -0.397 e. The summed E-state index contributed by atoms with van der Waals surface area (Å²) in [6.07, 6.45) is 0.980. The molecule has 2 N–H and O–H groups in total. The van der Waals surface area contributed by atoms with Crippen LogP contribution in [0.3, 0.4) is 0 Å². The predicted octanol–water partition coefficient (Wildman–Crippen LogP) is 3.38. The lowest BCUT2D eigenvalue weighted by molar-refractivity contribution is 0.417. The van der Waals surface area contributed by atoms with E-state index in [9.17, 15) is 0 Å². The van der Waals surface area contributed by atoms with Crippen LogP contribution < -0.4 is 5.73 Å². The van der Waals surface area contributed by atoms with Gasteiger partial charge >= 0.3 is 0 Å². The maximum absolute atomic E-state index is 6.03. The molecule has 0 radical (unpaired) electrons. The van der Waals surface area contributed by atoms with Crippen molar-refractivity contribution in [1.82, 2.24) is 10.1 Å². The lowest BCUT2D eigenvalue weighted by Gasteiger charge is -2.27. The van der Waals surface area contributed by atoms with E-state index in [2.05, 4.69) is 28.3 Å². The van der Waals surface area contributed by atoms with Crippen LogP contribution in [-0.4, -0.2) is 10.1 Å². The van der Waals surface area contributed by atoms with Gasteiger partial charge in [0.2, 0.25) is 0 Å². The summed E-state index contributed by atoms with van der Waals surface area (Å²) in [7, 11) is 0. The first kappa shape index (κ1) is 11.7. The van der Waals surface area contributed by atoms with Gasteiger partial charge in [0, 0.05) is 0 Å². The molecule has 4 rings (SSSR count). The number of nitrogen functional groups attached to an aromatic ring is 1. The van der Waals surface area contributed by atoms with E-state index in [0.717, 1.165) is 28.4 Å². The van der Waals surface area contributed by atoms with Crippen LogP contribution in [0, 0.1) is 6.92 Å². The molecule has 1 aromatic carbocycles. The lowest BCUT2D eigenvalue weighted by Crippen LogP contribution is -2.19. The second-order valence-electron chi connectivity index (χ2n) is 5.07. The third kappa shape index (κ3) is 1.59. The Bertz CT molecular complexity index is 790. The molecule has 5 heteroatoms. The molecule has 1 aliphatic carbocycles. The number of nitrogens with two attached hydrogens (primary N) is 1. The summed E-state index contributed by atoms with van der Waals surface area (Å²) in [6, 6.07) is 8.38. The molecule has 4 nitrogen and oxygen atoms in total. The molecule has 1 atom stereocenters. The highest BCUT2D eigenvalue weighted by Gasteiger charge is 2.31. The number of hydrogen-bond acceptors (Lipinski definition) is 5. The molecule has 20 heavy (non-hydrogen) atoms. The Morgan fingerprint density at radius 1 is 1.35 bits per heavy atom. The van der Waals surface area contributed by atoms with Crippen molar-refractivity contribution in [2.24, 2.45) is 0 Å². The molecule has 100 valence electrons. The van der Waals surface area contributed by atoms with E-state index in [0.29, 0.717) is 5.89 Å². The average molecular weight is 283 g/mol. The molecule has 1 unspecified atom stereocenters. The largest absolute Gasteiger partial charge is 0.397 e. The van der Waals surface area contributed by atoms with Crippen LogP contribution >= 0.6 is 11.3 Å². The van der Waals surface area contributed by atoms with Gasteiger partial charge in [-0.05, 0) is 35.4 Å². The van der Waals surface area contributed by atoms with Crippen molar-refractivity contribution in [1.29, 1.82) is 0 Å². The minimum atomic E-state index is 0.256. The molecule has 0 bridgehead atoms. The molecule has 0 saturated heterocycles. The average Bonchev–Trinajstić information content (AvgIpc) is 3.00. The van der Waals surface area contributed by atoms with Crippen LogP contribution in [0.2, 0.25) is 0 Å². The van der Waals surface area contributed by atoms with E-state index in [-0.39, 0.29) is 5.92 Å². The van der Waals surface area contributed by atoms with Gasteiger partial charge in [0.05, 0.1) is 11.6 Å². The zero-order valence-electron chi connectivity index (χ0n) is 11.0. The van der Waals surface area contributed by atoms with Gasteiger partial charge in [-0.25, -0.2) is 0 Å². The first-order valence-corrected chi connectivity index (χ1v) is 7.37. The van der Waals surface area contributed by atoms with Crippen molar-refractivity contribution in [3.8, 4) is 10.8 Å². The van der Waals surface area contributed by atoms with Gasteiger partial charge in [-0.3, -0.25) is 0 Å². The molecule has 2 heterocycles. The Hall–Kier alpha value is -2.14. The highest BCUT2D eigenvalue weighted by molar-refractivity contribution is 7.14. The van der Waals surface area contributed by atoms with Crippen molar-refractivity contribution in [2.45, 2.75) is 19.3 Å². The highest BCUT2D eigenvalue weighted by Crippen LogP contribution is 2.40. The Balaban J connectivity index is 1.69. The van der Waals surface area contributed by atoms with Crippen molar-refractivity contribution in [2.75, 3.05) is 5.73 Å². The van der Waals surface area contributed by atoms with Gasteiger partial charge in [0.1, 0.15) is 4.88 Å². The Labute approximate surface area is 120 Å². The van der Waals surface area contributed by atoms with Gasteiger partial charge in [0.25, 0.3) is 5.89 Å². The lowest BCUT2D eigenvalue weighted by atomic mass is 9.77. The van der Waals surface area contributed by atoms with Gasteiger partial charge in [-0.15, -0.1) is 11.3 Å². The first-order chi connectivity index (χ1) is 9.74. The summed E-state index contributed by atoms with van der Waals surface area (Å²) in [4.78, 5) is 5.40. The van der Waals surface area contributed by atoms with Gasteiger partial charge in [-0.1, -0.05) is 29.4 Å². The molecule has 0 fully saturated rings. The SMILES string of the molecule is Cc1csc(-c2nc(C3Cc4ccccc43)no2)c1N. The van der Waals surface area contributed by atoms with Crippen LogP contribution in [0.15, 0.2) is 34.2 Å². The van der Waals surface area contributed by atoms with E-state index in [4.69, 9.17) is 10.3 Å². The molecular weight excluding hydrogens is 270 g/mol. The Morgan fingerprint density at radius 3 is 2.95 bits per heavy atom. The number of aryl methyl sites for hydroxylation is 1. The molecule has 3 aromatic rings. The third-order valence-corrected chi connectivity index (χ3v) is 4.93. The van der Waals surface area contributed by atoms with E-state index in [1.807, 2.05) is 18.4 Å². The van der Waals surface area contributed by atoms with Gasteiger partial charge in [0.15, 0.2) is 5.82 Å². The number of benzene rings is 1. The van der Waals surface area contributed by atoms with Crippen molar-refractivity contribution < 1.29 is 4.52 Å². The number of rotatable bonds is 2. The third-order valence-electron chi connectivity index (χ3n) is 3.83. The van der Waals surface area contributed by atoms with Crippen molar-refractivity contribution >= 4 is 17.0 Å². The Kier molecular flexibility index (Phi) is 2.44. The van der Waals surface area contributed by atoms with Crippen LogP contribution in [0.25, 0.3) is 10.8 Å². The fraction of sp³-hybridized carbons (Fsp3) is 0.200. The van der Waals surface area contributed by atoms with Crippen LogP contribution in [0.4, 0.5) is 5.69 Å². The van der Waals surface area contributed by atoms with Crippen LogP contribution in [-0.2, 0) is 6.42 Å². The van der Waals surface area contributed by atoms with Crippen LogP contribution in [0.5, 0.6) is 0 Å². The van der Waals surface area contributed by atoms with E-state index in [1.54, 1.807) is 11.3 Å². The predicted molar refractivity (Wildman–Crippen MR) is 78.7 cm³/mol. The summed E-state index contributed by atoms with van der Waals surface area (Å²) in [5.74, 6) is 1.54. The molecule has 1 aliphatic rings. The van der Waals surface area contributed by atoms with Gasteiger partial charge in [-0.2, -0.15) is 4.98 Å². The second kappa shape index (κ2) is 4.18. The number of anilines is 1. The molecule has 0 spiro atoms. The highest BCUT2D eigenvalue weighted by atomic mass is 32.1. The molecule has 0 saturated carbocycles. The number of nitrogens with zero attached hydrogens (tertiary/aromatic N) is 2. The second-order valence-corrected chi connectivity index (χ2v) is 5.95. The van der Waals surface area contributed by atoms with Crippen molar-refractivity contribution in [3.63, 3.8) is 0 Å². The summed E-state index contributed by atoms with van der Waals surface area (Å²) in [5, 5.41) is 6.14. The number of hydrogen-bond donors (Lipinski definition) is 1. The number of aromatic nitrogens is 2. The van der Waals surface area contributed by atoms with Gasteiger partial charge < -0.3 is 10.3 Å². The molecule has 0 amide bonds. The fourth-order valence-electron chi connectivity index (χ4n) is 2.58. The standard InChI is InChI=1S/C15H13N3OS/c1-8-7-20-13(12(8)16)15-17-14(18-19-15)11-6-9-4-2-3-5-10(9)11/h2-5,7,11H,6,16H2,1H3. The zero-order chi connectivity index (χ0) is 13.7. The Morgan fingerprint density at radius 2 is 2.20 bits per heavy atom. The minimum absolute atomic E-state index is 0.256. The summed E-state index contributed by atoms with van der Waals surface area (Å²) in [5.41, 5.74) is 10.5. The van der Waals surface area contributed by atoms with Crippen LogP contribution in [0.1, 0.15) is 28.4 Å². The molecule has 0 aliphatic heterocycles. The molecular formula is C15H13N3OS. The normalized spacial score (nSPS) is 16.8. The topological polar surface area (TPSA) is 64.9 Å². The fourth-order valence-corrected chi connectivity index (χ4v) is 3.47. The quantitative estimate of drug-likeness (QED) is 0.783. The molecule has 2 aromatic heterocycles. The zero-order valence-corrected chi connectivity index (χ0v) is 11.8. The maximum Gasteiger partial charge on any atom is 0.270 e. The monoisotopic (exact) mass is 283 g/mol. The maximum atomic E-state index is 6.03. The summed E-state index contributed by atoms with van der Waals surface area (Å²) < 4.78 is 5.39. The first-order valence-electron chi connectivity index (χ1n) is 6.49. The van der Waals surface area contributed by atoms with E-state index >= 15 is 0 Å². The summed E-state index contributed by atoms with van der Waals surface area (Å²) in [6.45, 7) is 1.98. The number of thiophene rings is 1.